The molecule has 0 aromatic carbocycles. The molecule has 0 heterocycles. The van der Waals surface area contributed by atoms with E-state index in [9.17, 15) is 4.79 Å². The predicted molar refractivity (Wildman–Crippen MR) is 56.8 cm³/mol. The Kier molecular flexibility index (Phi) is 5.26. The molecule has 14 heavy (non-hydrogen) atoms. The van der Waals surface area contributed by atoms with E-state index >= 15 is 0 Å². The van der Waals surface area contributed by atoms with Crippen LogP contribution in [0, 0.1) is 12.3 Å². The van der Waals surface area contributed by atoms with E-state index in [1.54, 1.807) is 0 Å². The Morgan fingerprint density at radius 1 is 1.57 bits per heavy atom. The molecule has 0 rings (SSSR count). The smallest absolute Gasteiger partial charge is 0.307 e. The SMILES string of the molecule is C#CC(C)NCCC(=O)OC(C)(C)C. The second kappa shape index (κ2) is 5.66. The molecule has 0 aromatic heterocycles. The van der Waals surface area contributed by atoms with E-state index in [1.807, 2.05) is 27.7 Å². The van der Waals surface area contributed by atoms with Crippen molar-refractivity contribution in [2.45, 2.75) is 45.8 Å². The topological polar surface area (TPSA) is 38.3 Å². The molecule has 1 unspecified atom stereocenters. The lowest BCUT2D eigenvalue weighted by Gasteiger charge is -2.19. The first-order chi connectivity index (χ1) is 6.35. The van der Waals surface area contributed by atoms with Crippen molar-refractivity contribution in [3.05, 3.63) is 0 Å². The zero-order chi connectivity index (χ0) is 11.2. The highest BCUT2D eigenvalue weighted by Gasteiger charge is 2.15. The number of carbonyl (C=O) groups excluding carboxylic acids is 1. The van der Waals surface area contributed by atoms with Crippen LogP contribution in [0.3, 0.4) is 0 Å². The lowest BCUT2D eigenvalue weighted by Crippen LogP contribution is -2.30. The van der Waals surface area contributed by atoms with Crippen molar-refractivity contribution in [2.24, 2.45) is 0 Å². The number of hydrogen-bond donors (Lipinski definition) is 1. The largest absolute Gasteiger partial charge is 0.460 e. The van der Waals surface area contributed by atoms with Crippen LogP contribution in [0.25, 0.3) is 0 Å². The van der Waals surface area contributed by atoms with Gasteiger partial charge < -0.3 is 10.1 Å². The monoisotopic (exact) mass is 197 g/mol. The molecule has 1 N–H and O–H groups in total. The molecule has 0 radical (unpaired) electrons. The van der Waals surface area contributed by atoms with Crippen LogP contribution in [0.5, 0.6) is 0 Å². The van der Waals surface area contributed by atoms with Crippen LogP contribution >= 0.6 is 0 Å². The molecule has 0 aliphatic heterocycles. The molecule has 0 aromatic rings. The summed E-state index contributed by atoms with van der Waals surface area (Å²) in [5, 5.41) is 3.01. The zero-order valence-corrected chi connectivity index (χ0v) is 9.39. The van der Waals surface area contributed by atoms with Crippen LogP contribution < -0.4 is 5.32 Å². The van der Waals surface area contributed by atoms with Gasteiger partial charge in [0.15, 0.2) is 0 Å². The number of carbonyl (C=O) groups is 1. The summed E-state index contributed by atoms with van der Waals surface area (Å²) in [5.74, 6) is 2.32. The minimum atomic E-state index is -0.408. The van der Waals surface area contributed by atoms with Crippen LogP contribution in [-0.4, -0.2) is 24.2 Å². The molecule has 0 saturated carbocycles. The van der Waals surface area contributed by atoms with E-state index in [1.165, 1.54) is 0 Å². The summed E-state index contributed by atoms with van der Waals surface area (Å²) in [7, 11) is 0. The van der Waals surface area contributed by atoms with Gasteiger partial charge in [-0.15, -0.1) is 6.42 Å². The predicted octanol–water partition coefficient (Wildman–Crippen LogP) is 1.33. The number of ether oxygens (including phenoxy) is 1. The molecule has 80 valence electrons. The van der Waals surface area contributed by atoms with Gasteiger partial charge >= 0.3 is 5.97 Å². The summed E-state index contributed by atoms with van der Waals surface area (Å²) in [6.45, 7) is 7.97. The van der Waals surface area contributed by atoms with Gasteiger partial charge in [0.05, 0.1) is 12.5 Å². The minimum Gasteiger partial charge on any atom is -0.460 e. The third kappa shape index (κ3) is 7.63. The van der Waals surface area contributed by atoms with Crippen LogP contribution in [0.4, 0.5) is 0 Å². The molecular weight excluding hydrogens is 178 g/mol. The summed E-state index contributed by atoms with van der Waals surface area (Å²) in [5.41, 5.74) is -0.408. The van der Waals surface area contributed by atoms with Crippen LogP contribution in [0.2, 0.25) is 0 Å². The van der Waals surface area contributed by atoms with Gasteiger partial charge in [0.1, 0.15) is 5.60 Å². The van der Waals surface area contributed by atoms with Crippen molar-refractivity contribution in [1.82, 2.24) is 5.32 Å². The number of terminal acetylenes is 1. The Morgan fingerprint density at radius 2 is 2.14 bits per heavy atom. The standard InChI is InChI=1S/C11H19NO2/c1-6-9(2)12-8-7-10(13)14-11(3,4)5/h1,9,12H,7-8H2,2-5H3. The lowest BCUT2D eigenvalue weighted by atomic mass is 10.2. The molecule has 0 spiro atoms. The molecule has 3 heteroatoms. The third-order valence-electron chi connectivity index (χ3n) is 1.45. The highest BCUT2D eigenvalue weighted by Crippen LogP contribution is 2.07. The normalized spacial score (nSPS) is 13.1. The Balaban J connectivity index is 3.62. The summed E-state index contributed by atoms with van der Waals surface area (Å²) >= 11 is 0. The van der Waals surface area contributed by atoms with Gasteiger partial charge in [-0.1, -0.05) is 5.92 Å². The Morgan fingerprint density at radius 3 is 2.57 bits per heavy atom. The van der Waals surface area contributed by atoms with Crippen molar-refractivity contribution in [3.8, 4) is 12.3 Å². The van der Waals surface area contributed by atoms with Gasteiger partial charge in [-0.3, -0.25) is 4.79 Å². The first kappa shape index (κ1) is 13.0. The summed E-state index contributed by atoms with van der Waals surface area (Å²) in [6.07, 6.45) is 5.51. The van der Waals surface area contributed by atoms with Crippen molar-refractivity contribution in [3.63, 3.8) is 0 Å². The summed E-state index contributed by atoms with van der Waals surface area (Å²) < 4.78 is 5.12. The van der Waals surface area contributed by atoms with E-state index in [4.69, 9.17) is 11.2 Å². The van der Waals surface area contributed by atoms with E-state index in [0.717, 1.165) is 0 Å². The Hall–Kier alpha value is -1.01. The fourth-order valence-electron chi connectivity index (χ4n) is 0.842. The summed E-state index contributed by atoms with van der Waals surface area (Å²) in [4.78, 5) is 11.2. The second-order valence-electron chi connectivity index (χ2n) is 4.18. The molecule has 0 aliphatic rings. The fraction of sp³-hybridized carbons (Fsp3) is 0.727. The van der Waals surface area contributed by atoms with Crippen molar-refractivity contribution >= 4 is 5.97 Å². The van der Waals surface area contributed by atoms with E-state index in [0.29, 0.717) is 13.0 Å². The Bertz CT molecular complexity index is 222. The molecule has 0 aliphatic carbocycles. The maximum absolute atomic E-state index is 11.2. The number of esters is 1. The first-order valence-electron chi connectivity index (χ1n) is 4.76. The molecular formula is C11H19NO2. The molecule has 0 saturated heterocycles. The quantitative estimate of drug-likeness (QED) is 0.546. The number of rotatable bonds is 4. The van der Waals surface area contributed by atoms with Gasteiger partial charge in [-0.05, 0) is 27.7 Å². The zero-order valence-electron chi connectivity index (χ0n) is 9.39. The van der Waals surface area contributed by atoms with E-state index in [-0.39, 0.29) is 12.0 Å². The molecule has 3 nitrogen and oxygen atoms in total. The maximum Gasteiger partial charge on any atom is 0.307 e. The van der Waals surface area contributed by atoms with Crippen molar-refractivity contribution < 1.29 is 9.53 Å². The van der Waals surface area contributed by atoms with Gasteiger partial charge in [0, 0.05) is 6.54 Å². The average molecular weight is 197 g/mol. The van der Waals surface area contributed by atoms with Crippen LogP contribution in [-0.2, 0) is 9.53 Å². The minimum absolute atomic E-state index is 0.00237. The second-order valence-corrected chi connectivity index (χ2v) is 4.18. The average Bonchev–Trinajstić information content (AvgIpc) is 2.00. The number of nitrogens with one attached hydrogen (secondary N) is 1. The summed E-state index contributed by atoms with van der Waals surface area (Å²) in [6, 6.07) is -0.00237. The van der Waals surface area contributed by atoms with E-state index < -0.39 is 5.60 Å². The maximum atomic E-state index is 11.2. The van der Waals surface area contributed by atoms with Crippen molar-refractivity contribution in [1.29, 1.82) is 0 Å². The third-order valence-corrected chi connectivity index (χ3v) is 1.45. The first-order valence-corrected chi connectivity index (χ1v) is 4.76. The van der Waals surface area contributed by atoms with Crippen molar-refractivity contribution in [2.75, 3.05) is 6.54 Å². The Labute approximate surface area is 86.2 Å². The fourth-order valence-corrected chi connectivity index (χ4v) is 0.842. The van der Waals surface area contributed by atoms with Crippen LogP contribution in [0.15, 0.2) is 0 Å². The molecule has 0 amide bonds. The van der Waals surface area contributed by atoms with Gasteiger partial charge in [-0.2, -0.15) is 0 Å². The highest BCUT2D eigenvalue weighted by molar-refractivity contribution is 5.70. The van der Waals surface area contributed by atoms with Gasteiger partial charge in [0.25, 0.3) is 0 Å². The molecule has 1 atom stereocenters. The van der Waals surface area contributed by atoms with E-state index in [2.05, 4.69) is 11.2 Å². The van der Waals surface area contributed by atoms with Crippen LogP contribution in [0.1, 0.15) is 34.1 Å². The molecule has 0 bridgehead atoms. The lowest BCUT2D eigenvalue weighted by molar-refractivity contribution is -0.154. The number of hydrogen-bond acceptors (Lipinski definition) is 3. The van der Waals surface area contributed by atoms with Gasteiger partial charge in [0.2, 0.25) is 0 Å². The molecule has 0 fully saturated rings. The van der Waals surface area contributed by atoms with Gasteiger partial charge in [-0.25, -0.2) is 0 Å². The highest BCUT2D eigenvalue weighted by atomic mass is 16.6.